The minimum atomic E-state index is -9.72. The van der Waals surface area contributed by atoms with Crippen LogP contribution in [0, 0.1) is 11.8 Å². The Kier molecular flexibility index (Phi) is 7.40. The van der Waals surface area contributed by atoms with Crippen LogP contribution >= 0.6 is 10.2 Å². The molecule has 1 aliphatic rings. The average molecular weight is 441 g/mol. The van der Waals surface area contributed by atoms with E-state index >= 15 is 0 Å². The van der Waals surface area contributed by atoms with E-state index in [4.69, 9.17) is 0 Å². The molecule has 0 heterocycles. The lowest BCUT2D eigenvalue weighted by atomic mass is 9.89. The molecule has 1 aliphatic carbocycles. The third-order valence-electron chi connectivity index (χ3n) is 6.15. The van der Waals surface area contributed by atoms with Crippen molar-refractivity contribution in [3.05, 3.63) is 29.3 Å². The molecule has 170 valence electrons. The first-order chi connectivity index (χ1) is 13.3. The minimum Gasteiger partial charge on any atom is -0.0936 e. The summed E-state index contributed by atoms with van der Waals surface area (Å²) in [4.78, 5) is -1.65. The molecular formula is C23H37F5S. The zero-order chi connectivity index (χ0) is 21.8. The van der Waals surface area contributed by atoms with E-state index in [0.717, 1.165) is 31.6 Å². The third kappa shape index (κ3) is 8.10. The van der Waals surface area contributed by atoms with Gasteiger partial charge in [0.25, 0.3) is 0 Å². The number of benzene rings is 1. The number of rotatable bonds is 13. The van der Waals surface area contributed by atoms with Crippen molar-refractivity contribution in [2.24, 2.45) is 11.8 Å². The smallest absolute Gasteiger partial charge is 0.0936 e. The standard InChI is InChI=1S/C23H37F5S/c1-4-9-19-14-15-22(23(17-19)29(24,25,26,27)28)21(5-2)11-8-6-7-10-18(3)16-20-12-13-20/h14-15,17-18,20-21H,4-13,16H2,1-3H3. The Morgan fingerprint density at radius 1 is 0.966 bits per heavy atom. The summed E-state index contributed by atoms with van der Waals surface area (Å²) in [7, 11) is -9.72. The van der Waals surface area contributed by atoms with Crippen LogP contribution in [0.5, 0.6) is 0 Å². The van der Waals surface area contributed by atoms with Gasteiger partial charge in [0.15, 0.2) is 0 Å². The van der Waals surface area contributed by atoms with Crippen LogP contribution in [0.3, 0.4) is 0 Å². The molecule has 29 heavy (non-hydrogen) atoms. The van der Waals surface area contributed by atoms with Crippen LogP contribution in [0.25, 0.3) is 0 Å². The Bertz CT molecular complexity index is 664. The van der Waals surface area contributed by atoms with Gasteiger partial charge in [-0.1, -0.05) is 97.3 Å². The van der Waals surface area contributed by atoms with Gasteiger partial charge in [0.05, 0.1) is 0 Å². The molecule has 2 unspecified atom stereocenters. The fraction of sp³-hybridized carbons (Fsp3) is 0.739. The summed E-state index contributed by atoms with van der Waals surface area (Å²) in [5, 5.41) is 0. The van der Waals surface area contributed by atoms with E-state index in [1.165, 1.54) is 25.3 Å². The van der Waals surface area contributed by atoms with Gasteiger partial charge in [0.2, 0.25) is 0 Å². The molecular weight excluding hydrogens is 403 g/mol. The van der Waals surface area contributed by atoms with E-state index in [-0.39, 0.29) is 5.56 Å². The largest absolute Gasteiger partial charge is 0.310 e. The normalized spacial score (nSPS) is 19.4. The second-order valence-corrected chi connectivity index (χ2v) is 11.5. The fourth-order valence-corrected chi connectivity index (χ4v) is 5.43. The molecule has 6 heteroatoms. The number of hydrogen-bond acceptors (Lipinski definition) is 0. The van der Waals surface area contributed by atoms with Gasteiger partial charge in [0.1, 0.15) is 4.90 Å². The van der Waals surface area contributed by atoms with Crippen molar-refractivity contribution < 1.29 is 19.4 Å². The third-order valence-corrected chi connectivity index (χ3v) is 7.33. The van der Waals surface area contributed by atoms with E-state index in [9.17, 15) is 19.4 Å². The summed E-state index contributed by atoms with van der Waals surface area (Å²) >= 11 is 0. The van der Waals surface area contributed by atoms with Crippen molar-refractivity contribution in [3.8, 4) is 0 Å². The van der Waals surface area contributed by atoms with Gasteiger partial charge in [-0.25, -0.2) is 0 Å². The summed E-state index contributed by atoms with van der Waals surface area (Å²) in [5.41, 5.74) is 0.118. The Hall–Kier alpha value is -0.780. The predicted molar refractivity (Wildman–Crippen MR) is 114 cm³/mol. The zero-order valence-electron chi connectivity index (χ0n) is 18.0. The van der Waals surface area contributed by atoms with Gasteiger partial charge in [-0.05, 0) is 60.6 Å². The highest BCUT2D eigenvalue weighted by atomic mass is 32.5. The lowest BCUT2D eigenvalue weighted by Gasteiger charge is -2.43. The molecule has 0 aromatic heterocycles. The lowest BCUT2D eigenvalue weighted by molar-refractivity contribution is 0.360. The Labute approximate surface area is 173 Å². The highest BCUT2D eigenvalue weighted by molar-refractivity contribution is 8.45. The maximum Gasteiger partial charge on any atom is 0.310 e. The number of halogens is 5. The number of unbranched alkanes of at least 4 members (excludes halogenated alkanes) is 2. The Morgan fingerprint density at radius 3 is 2.17 bits per heavy atom. The molecule has 2 rings (SSSR count). The minimum absolute atomic E-state index is 0.214. The molecule has 2 atom stereocenters. The first-order valence-electron chi connectivity index (χ1n) is 11.2. The average Bonchev–Trinajstić information content (AvgIpc) is 3.40. The molecule has 0 spiro atoms. The monoisotopic (exact) mass is 440 g/mol. The van der Waals surface area contributed by atoms with Crippen LogP contribution < -0.4 is 0 Å². The fourth-order valence-electron chi connectivity index (χ4n) is 4.37. The first kappa shape index (κ1) is 24.5. The lowest BCUT2D eigenvalue weighted by Crippen LogP contribution is -2.13. The van der Waals surface area contributed by atoms with Crippen LogP contribution in [0.1, 0.15) is 102 Å². The summed E-state index contributed by atoms with van der Waals surface area (Å²) in [5.74, 6) is 1.14. The van der Waals surface area contributed by atoms with Gasteiger partial charge in [0, 0.05) is 0 Å². The molecule has 0 N–H and O–H groups in total. The molecule has 1 saturated carbocycles. The van der Waals surface area contributed by atoms with E-state index < -0.39 is 21.0 Å². The van der Waals surface area contributed by atoms with Gasteiger partial charge in [-0.15, -0.1) is 0 Å². The van der Waals surface area contributed by atoms with Crippen molar-refractivity contribution in [1.29, 1.82) is 0 Å². The quantitative estimate of drug-likeness (QED) is 0.211. The zero-order valence-corrected chi connectivity index (χ0v) is 18.9. The van der Waals surface area contributed by atoms with Crippen LogP contribution in [0.2, 0.25) is 0 Å². The Morgan fingerprint density at radius 2 is 1.62 bits per heavy atom. The van der Waals surface area contributed by atoms with Gasteiger partial charge >= 0.3 is 10.2 Å². The topological polar surface area (TPSA) is 0 Å². The number of aryl methyl sites for hydroxylation is 1. The molecule has 1 aromatic rings. The van der Waals surface area contributed by atoms with Crippen molar-refractivity contribution in [3.63, 3.8) is 0 Å². The van der Waals surface area contributed by atoms with Crippen LogP contribution in [-0.4, -0.2) is 0 Å². The van der Waals surface area contributed by atoms with Gasteiger partial charge in [-0.2, -0.15) is 0 Å². The highest BCUT2D eigenvalue weighted by Crippen LogP contribution is 3.02. The maximum absolute atomic E-state index is 13.8. The number of hydrogen-bond donors (Lipinski definition) is 0. The summed E-state index contributed by atoms with van der Waals surface area (Å²) in [6.07, 6.45) is 9.90. The molecule has 0 nitrogen and oxygen atoms in total. The van der Waals surface area contributed by atoms with Crippen molar-refractivity contribution >= 4 is 10.2 Å². The van der Waals surface area contributed by atoms with E-state index in [2.05, 4.69) is 6.92 Å². The van der Waals surface area contributed by atoms with Gasteiger partial charge in [-0.3, -0.25) is 0 Å². The van der Waals surface area contributed by atoms with E-state index in [0.29, 0.717) is 43.2 Å². The summed E-state index contributed by atoms with van der Waals surface area (Å²) in [6, 6.07) is 3.61. The predicted octanol–water partition coefficient (Wildman–Crippen LogP) is 10.2. The Balaban J connectivity index is 2.03. The van der Waals surface area contributed by atoms with Crippen molar-refractivity contribution in [2.45, 2.75) is 102 Å². The first-order valence-corrected chi connectivity index (χ1v) is 13.2. The summed E-state index contributed by atoms with van der Waals surface area (Å²) in [6.45, 7) is 5.89. The molecule has 0 radical (unpaired) electrons. The molecule has 1 fully saturated rings. The second kappa shape index (κ2) is 8.76. The molecule has 0 saturated heterocycles. The summed E-state index contributed by atoms with van der Waals surface area (Å²) < 4.78 is 68.8. The SMILES string of the molecule is CCCc1ccc(C(CC)CCCCCC(C)CC2CC2)c(S(F)(F)(F)(F)F)c1. The highest BCUT2D eigenvalue weighted by Gasteiger charge is 2.66. The van der Waals surface area contributed by atoms with Crippen LogP contribution in [-0.2, 0) is 6.42 Å². The van der Waals surface area contributed by atoms with Crippen molar-refractivity contribution in [1.82, 2.24) is 0 Å². The molecule has 1 aromatic carbocycles. The second-order valence-electron chi connectivity index (χ2n) is 9.12. The van der Waals surface area contributed by atoms with E-state index in [1.807, 2.05) is 6.92 Å². The molecule has 0 aliphatic heterocycles. The maximum atomic E-state index is 13.8. The van der Waals surface area contributed by atoms with Crippen LogP contribution in [0.15, 0.2) is 23.1 Å². The molecule has 0 amide bonds. The van der Waals surface area contributed by atoms with Crippen molar-refractivity contribution in [2.75, 3.05) is 0 Å². The van der Waals surface area contributed by atoms with E-state index in [1.54, 1.807) is 13.0 Å². The van der Waals surface area contributed by atoms with Gasteiger partial charge < -0.3 is 0 Å². The molecule has 0 bridgehead atoms. The van der Waals surface area contributed by atoms with Crippen LogP contribution in [0.4, 0.5) is 19.4 Å².